The molecule has 2 aromatic rings. The minimum Gasteiger partial charge on any atom is -0.504 e. The van der Waals surface area contributed by atoms with Gasteiger partial charge in [-0.15, -0.1) is 0 Å². The SMILES string of the molecule is Oc1ccc2c3c1O[C@H]1[C@@H](NCCc4ccc(Cl)c(Cl)c4)CC[C@@]4(O)[C@@H](C2)N(CC2CC2)CC[C@]314. The van der Waals surface area contributed by atoms with Crippen LogP contribution in [0.2, 0.25) is 10.0 Å². The highest BCUT2D eigenvalue weighted by molar-refractivity contribution is 6.42. The van der Waals surface area contributed by atoms with Crippen molar-refractivity contribution in [2.24, 2.45) is 5.92 Å². The smallest absolute Gasteiger partial charge is 0.165 e. The van der Waals surface area contributed by atoms with Crippen LogP contribution in [0.4, 0.5) is 0 Å². The van der Waals surface area contributed by atoms with Gasteiger partial charge in [0.2, 0.25) is 0 Å². The Hall–Kier alpha value is -1.50. The zero-order valence-electron chi connectivity index (χ0n) is 19.8. The van der Waals surface area contributed by atoms with E-state index in [4.69, 9.17) is 27.9 Å². The summed E-state index contributed by atoms with van der Waals surface area (Å²) in [6.07, 6.45) is 6.57. The van der Waals surface area contributed by atoms with Gasteiger partial charge in [0, 0.05) is 24.2 Å². The van der Waals surface area contributed by atoms with Crippen LogP contribution in [-0.4, -0.2) is 58.5 Å². The van der Waals surface area contributed by atoms with Crippen molar-refractivity contribution in [1.29, 1.82) is 0 Å². The summed E-state index contributed by atoms with van der Waals surface area (Å²) in [4.78, 5) is 2.58. The number of halogens is 2. The molecule has 2 saturated carbocycles. The lowest BCUT2D eigenvalue weighted by Crippen LogP contribution is -2.78. The molecule has 0 amide bonds. The van der Waals surface area contributed by atoms with Crippen LogP contribution >= 0.6 is 23.2 Å². The zero-order valence-corrected chi connectivity index (χ0v) is 21.3. The van der Waals surface area contributed by atoms with Gasteiger partial charge < -0.3 is 20.3 Å². The normalized spacial score (nSPS) is 35.0. The van der Waals surface area contributed by atoms with Crippen molar-refractivity contribution in [1.82, 2.24) is 10.2 Å². The molecule has 3 N–H and O–H groups in total. The predicted octanol–water partition coefficient (Wildman–Crippen LogP) is 4.46. The summed E-state index contributed by atoms with van der Waals surface area (Å²) in [5, 5.41) is 28.2. The topological polar surface area (TPSA) is 65.0 Å². The first-order valence-corrected chi connectivity index (χ1v) is 13.8. The van der Waals surface area contributed by atoms with Crippen LogP contribution in [0.5, 0.6) is 11.5 Å². The number of hydrogen-bond donors (Lipinski definition) is 3. The van der Waals surface area contributed by atoms with Crippen molar-refractivity contribution >= 4 is 23.2 Å². The molecule has 2 aromatic carbocycles. The zero-order chi connectivity index (χ0) is 23.9. The average molecular weight is 515 g/mol. The molecule has 7 rings (SSSR count). The first kappa shape index (κ1) is 22.7. The number of nitrogens with zero attached hydrogens (tertiary/aromatic N) is 1. The second kappa shape index (κ2) is 8.00. The molecule has 2 heterocycles. The molecule has 1 saturated heterocycles. The number of benzene rings is 2. The molecule has 0 unspecified atom stereocenters. The van der Waals surface area contributed by atoms with Gasteiger partial charge >= 0.3 is 0 Å². The maximum atomic E-state index is 12.5. The summed E-state index contributed by atoms with van der Waals surface area (Å²) in [7, 11) is 0. The fourth-order valence-corrected chi connectivity index (χ4v) is 8.11. The van der Waals surface area contributed by atoms with E-state index in [9.17, 15) is 10.2 Å². The minimum absolute atomic E-state index is 0.103. The van der Waals surface area contributed by atoms with Crippen molar-refractivity contribution < 1.29 is 14.9 Å². The summed E-state index contributed by atoms with van der Waals surface area (Å²) in [5.74, 6) is 1.60. The fraction of sp³-hybridized carbons (Fsp3) is 0.571. The standard InChI is InChI=1S/C28H32Cl2N2O3/c29-19-5-3-16(13-20(19)30)8-11-31-21-7-9-28(34)23-14-18-4-6-22(33)25-24(18)27(28,26(21)35-25)10-12-32(23)15-17-1-2-17/h3-6,13,17,21,23,26,31,33-34H,1-2,7-12,14-15H2/t21-,23+,26-,27-,28+/m0/s1. The van der Waals surface area contributed by atoms with Gasteiger partial charge in [0.1, 0.15) is 6.10 Å². The number of nitrogens with one attached hydrogen (secondary N) is 1. The lowest BCUT2D eigenvalue weighted by Gasteiger charge is -2.64. The largest absolute Gasteiger partial charge is 0.504 e. The quantitative estimate of drug-likeness (QED) is 0.530. The van der Waals surface area contributed by atoms with Crippen LogP contribution in [0.3, 0.4) is 0 Å². The maximum Gasteiger partial charge on any atom is 0.165 e. The molecule has 186 valence electrons. The number of likely N-dealkylation sites (tertiary alicyclic amines) is 1. The number of aliphatic hydroxyl groups is 1. The van der Waals surface area contributed by atoms with E-state index in [1.807, 2.05) is 18.2 Å². The summed E-state index contributed by atoms with van der Waals surface area (Å²) in [5.41, 5.74) is 2.16. The molecule has 3 fully saturated rings. The first-order chi connectivity index (χ1) is 16.9. The highest BCUT2D eigenvalue weighted by Gasteiger charge is 2.72. The lowest BCUT2D eigenvalue weighted by atomic mass is 9.48. The summed E-state index contributed by atoms with van der Waals surface area (Å²) >= 11 is 12.3. The monoisotopic (exact) mass is 514 g/mol. The van der Waals surface area contributed by atoms with Crippen LogP contribution in [0.15, 0.2) is 30.3 Å². The Bertz CT molecular complexity index is 1190. The predicted molar refractivity (Wildman–Crippen MR) is 137 cm³/mol. The van der Waals surface area contributed by atoms with Gasteiger partial charge in [0.25, 0.3) is 0 Å². The Morgan fingerprint density at radius 3 is 2.74 bits per heavy atom. The van der Waals surface area contributed by atoms with Crippen molar-refractivity contribution in [3.8, 4) is 11.5 Å². The van der Waals surface area contributed by atoms with Crippen molar-refractivity contribution in [3.05, 3.63) is 57.1 Å². The number of hydrogen-bond acceptors (Lipinski definition) is 5. The summed E-state index contributed by atoms with van der Waals surface area (Å²) < 4.78 is 6.62. The fourth-order valence-electron chi connectivity index (χ4n) is 7.79. The van der Waals surface area contributed by atoms with Gasteiger partial charge in [-0.25, -0.2) is 0 Å². The van der Waals surface area contributed by atoms with E-state index >= 15 is 0 Å². The van der Waals surface area contributed by atoms with E-state index in [1.54, 1.807) is 6.07 Å². The van der Waals surface area contributed by atoms with Gasteiger partial charge in [0.15, 0.2) is 11.5 Å². The molecule has 0 radical (unpaired) electrons. The van der Waals surface area contributed by atoms with Gasteiger partial charge in [0.05, 0.1) is 21.1 Å². The Kier molecular flexibility index (Phi) is 5.18. The molecule has 7 heteroatoms. The van der Waals surface area contributed by atoms with Gasteiger partial charge in [-0.2, -0.15) is 0 Å². The Morgan fingerprint density at radius 2 is 1.94 bits per heavy atom. The third-order valence-corrected chi connectivity index (χ3v) is 10.3. The summed E-state index contributed by atoms with van der Waals surface area (Å²) in [6.45, 7) is 2.86. The van der Waals surface area contributed by atoms with Gasteiger partial charge in [-0.05, 0) is 93.3 Å². The molecule has 35 heavy (non-hydrogen) atoms. The third-order valence-electron chi connectivity index (χ3n) is 9.57. The maximum absolute atomic E-state index is 12.5. The lowest BCUT2D eigenvalue weighted by molar-refractivity contribution is -0.191. The second-order valence-electron chi connectivity index (χ2n) is 11.4. The number of phenolic OH excluding ortho intramolecular Hbond substituents is 1. The van der Waals surface area contributed by atoms with E-state index in [2.05, 4.69) is 16.3 Å². The molecular weight excluding hydrogens is 483 g/mol. The van der Waals surface area contributed by atoms with Gasteiger partial charge in [-0.3, -0.25) is 4.90 Å². The van der Waals surface area contributed by atoms with Crippen LogP contribution in [-0.2, 0) is 18.3 Å². The van der Waals surface area contributed by atoms with E-state index < -0.39 is 11.0 Å². The average Bonchev–Trinajstić information content (AvgIpc) is 3.58. The van der Waals surface area contributed by atoms with Crippen LogP contribution < -0.4 is 10.1 Å². The molecular formula is C28H32Cl2N2O3. The highest BCUT2D eigenvalue weighted by Crippen LogP contribution is 2.65. The number of phenols is 1. The van der Waals surface area contributed by atoms with E-state index in [0.29, 0.717) is 15.8 Å². The molecule has 5 nitrogen and oxygen atoms in total. The number of piperidine rings is 1. The van der Waals surface area contributed by atoms with E-state index in [1.165, 1.54) is 18.4 Å². The third kappa shape index (κ3) is 3.25. The van der Waals surface area contributed by atoms with Gasteiger partial charge in [-0.1, -0.05) is 35.3 Å². The van der Waals surface area contributed by atoms with Crippen LogP contribution in [0, 0.1) is 5.92 Å². The Labute approximate surface area is 216 Å². The molecule has 3 aliphatic carbocycles. The minimum atomic E-state index is -0.835. The molecule has 5 aliphatic rings. The van der Waals surface area contributed by atoms with Crippen LogP contribution in [0.1, 0.15) is 48.8 Å². The molecule has 1 spiro atoms. The number of rotatable bonds is 6. The van der Waals surface area contributed by atoms with Crippen LogP contribution in [0.25, 0.3) is 0 Å². The second-order valence-corrected chi connectivity index (χ2v) is 12.2. The number of aromatic hydroxyl groups is 1. The van der Waals surface area contributed by atoms with E-state index in [-0.39, 0.29) is 23.9 Å². The van der Waals surface area contributed by atoms with Crippen molar-refractivity contribution in [2.75, 3.05) is 19.6 Å². The molecule has 5 atom stereocenters. The van der Waals surface area contributed by atoms with Crippen molar-refractivity contribution in [2.45, 2.75) is 74.1 Å². The molecule has 0 aromatic heterocycles. The summed E-state index contributed by atoms with van der Waals surface area (Å²) in [6, 6.07) is 9.85. The first-order valence-electron chi connectivity index (χ1n) is 13.1. The highest BCUT2D eigenvalue weighted by atomic mass is 35.5. The Morgan fingerprint density at radius 1 is 1.09 bits per heavy atom. The number of ether oxygens (including phenoxy) is 1. The molecule has 2 bridgehead atoms. The van der Waals surface area contributed by atoms with Crippen molar-refractivity contribution in [3.63, 3.8) is 0 Å². The molecule has 2 aliphatic heterocycles. The Balaban J connectivity index is 1.20. The van der Waals surface area contributed by atoms with E-state index in [0.717, 1.165) is 68.8 Å².